The molecule has 1 aromatic rings. The summed E-state index contributed by atoms with van der Waals surface area (Å²) in [5.41, 5.74) is 0.552. The topological polar surface area (TPSA) is 64.6 Å². The van der Waals surface area contributed by atoms with Crippen molar-refractivity contribution in [1.82, 2.24) is 5.32 Å². The number of benzene rings is 1. The Morgan fingerprint density at radius 3 is 2.85 bits per heavy atom. The van der Waals surface area contributed by atoms with Gasteiger partial charge in [0.2, 0.25) is 0 Å². The molecule has 0 bridgehead atoms. The summed E-state index contributed by atoms with van der Waals surface area (Å²) in [4.78, 5) is 22.4. The molecule has 0 spiro atoms. The maximum Gasteiger partial charge on any atom is 0.258 e. The summed E-state index contributed by atoms with van der Waals surface area (Å²) in [6.07, 6.45) is 2.43. The first-order valence-electron chi connectivity index (χ1n) is 6.43. The van der Waals surface area contributed by atoms with Crippen molar-refractivity contribution in [2.75, 3.05) is 19.8 Å². The predicted octanol–water partition coefficient (Wildman–Crippen LogP) is 1.94. The van der Waals surface area contributed by atoms with E-state index in [1.54, 1.807) is 18.2 Å². The molecule has 0 unspecified atom stereocenters. The fourth-order valence-corrected chi connectivity index (χ4v) is 2.47. The second kappa shape index (κ2) is 7.40. The minimum Gasteiger partial charge on any atom is -0.483 e. The first-order valence-corrected chi connectivity index (χ1v) is 7.23. The maximum absolute atomic E-state index is 11.8. The lowest BCUT2D eigenvalue weighted by Crippen LogP contribution is -2.41. The minimum atomic E-state index is -0.150. The Labute approximate surface area is 125 Å². The van der Waals surface area contributed by atoms with Crippen LogP contribution in [0.3, 0.4) is 0 Å². The van der Waals surface area contributed by atoms with Gasteiger partial charge in [0.25, 0.3) is 5.91 Å². The van der Waals surface area contributed by atoms with Gasteiger partial charge in [0.05, 0.1) is 4.47 Å². The first kappa shape index (κ1) is 15.0. The van der Waals surface area contributed by atoms with Gasteiger partial charge in [-0.3, -0.25) is 9.59 Å². The molecule has 0 radical (unpaired) electrons. The number of hydrogen-bond donors (Lipinski definition) is 1. The fourth-order valence-electron chi connectivity index (χ4n) is 1.96. The number of hydrogen-bond acceptors (Lipinski definition) is 4. The van der Waals surface area contributed by atoms with Gasteiger partial charge < -0.3 is 14.8 Å². The Morgan fingerprint density at radius 2 is 2.20 bits per heavy atom. The van der Waals surface area contributed by atoms with E-state index in [0.717, 1.165) is 19.1 Å². The number of halogens is 1. The van der Waals surface area contributed by atoms with E-state index >= 15 is 0 Å². The van der Waals surface area contributed by atoms with Gasteiger partial charge in [-0.1, -0.05) is 0 Å². The van der Waals surface area contributed by atoms with Crippen LogP contribution in [0.25, 0.3) is 0 Å². The Kier molecular flexibility index (Phi) is 5.55. The van der Waals surface area contributed by atoms with Crippen molar-refractivity contribution < 1.29 is 19.1 Å². The van der Waals surface area contributed by atoms with Crippen LogP contribution in [0, 0.1) is 0 Å². The molecule has 1 aliphatic heterocycles. The Hall–Kier alpha value is -1.40. The van der Waals surface area contributed by atoms with Crippen LogP contribution in [0.2, 0.25) is 0 Å². The highest BCUT2D eigenvalue weighted by molar-refractivity contribution is 9.10. The molecule has 20 heavy (non-hydrogen) atoms. The summed E-state index contributed by atoms with van der Waals surface area (Å²) in [7, 11) is 0. The average molecular weight is 342 g/mol. The van der Waals surface area contributed by atoms with Crippen LogP contribution in [0.5, 0.6) is 5.75 Å². The highest BCUT2D eigenvalue weighted by Gasteiger charge is 2.16. The molecule has 2 rings (SSSR count). The largest absolute Gasteiger partial charge is 0.483 e. The van der Waals surface area contributed by atoms with Crippen LogP contribution < -0.4 is 10.1 Å². The lowest BCUT2D eigenvalue weighted by atomic mass is 10.1. The summed E-state index contributed by atoms with van der Waals surface area (Å²) < 4.78 is 11.3. The molecular weight excluding hydrogens is 326 g/mol. The predicted molar refractivity (Wildman–Crippen MR) is 77.0 cm³/mol. The molecule has 0 aromatic heterocycles. The number of ether oxygens (including phenoxy) is 2. The highest BCUT2D eigenvalue weighted by Crippen LogP contribution is 2.25. The quantitative estimate of drug-likeness (QED) is 0.831. The third-order valence-electron chi connectivity index (χ3n) is 3.04. The van der Waals surface area contributed by atoms with Crippen LogP contribution in [-0.2, 0) is 9.53 Å². The van der Waals surface area contributed by atoms with Crippen molar-refractivity contribution in [3.8, 4) is 5.75 Å². The number of carbonyl (C=O) groups is 2. The van der Waals surface area contributed by atoms with Gasteiger partial charge in [-0.25, -0.2) is 0 Å². The van der Waals surface area contributed by atoms with E-state index in [9.17, 15) is 9.59 Å². The molecule has 5 nitrogen and oxygen atoms in total. The number of amides is 1. The Bertz CT molecular complexity index is 486. The zero-order valence-electron chi connectivity index (χ0n) is 10.9. The van der Waals surface area contributed by atoms with E-state index < -0.39 is 0 Å². The van der Waals surface area contributed by atoms with E-state index in [-0.39, 0.29) is 18.6 Å². The summed E-state index contributed by atoms with van der Waals surface area (Å²) in [5, 5.41) is 2.92. The first-order chi connectivity index (χ1) is 9.69. The van der Waals surface area contributed by atoms with Crippen molar-refractivity contribution in [3.05, 3.63) is 28.2 Å². The maximum atomic E-state index is 11.8. The normalized spacial score (nSPS) is 15.7. The van der Waals surface area contributed by atoms with Gasteiger partial charge in [0, 0.05) is 24.8 Å². The second-order valence-corrected chi connectivity index (χ2v) is 5.40. The zero-order chi connectivity index (χ0) is 14.4. The van der Waals surface area contributed by atoms with Crippen molar-refractivity contribution in [1.29, 1.82) is 0 Å². The molecule has 1 aliphatic rings. The lowest BCUT2D eigenvalue weighted by Gasteiger charge is -2.23. The number of carbonyl (C=O) groups excluding carboxylic acids is 2. The lowest BCUT2D eigenvalue weighted by molar-refractivity contribution is -0.124. The van der Waals surface area contributed by atoms with E-state index in [4.69, 9.17) is 9.47 Å². The van der Waals surface area contributed by atoms with Crippen LogP contribution in [0.15, 0.2) is 22.7 Å². The average Bonchev–Trinajstić information content (AvgIpc) is 2.47. The highest BCUT2D eigenvalue weighted by atomic mass is 79.9. The molecule has 0 aliphatic carbocycles. The zero-order valence-corrected chi connectivity index (χ0v) is 12.5. The Morgan fingerprint density at radius 1 is 1.45 bits per heavy atom. The number of aldehydes is 1. The number of rotatable bonds is 5. The fraction of sp³-hybridized carbons (Fsp3) is 0.429. The molecule has 0 saturated carbocycles. The van der Waals surface area contributed by atoms with E-state index in [1.165, 1.54) is 0 Å². The molecule has 1 aromatic carbocycles. The Balaban J connectivity index is 1.82. The van der Waals surface area contributed by atoms with E-state index in [2.05, 4.69) is 21.2 Å². The molecular formula is C14H16BrNO4. The summed E-state index contributed by atoms with van der Waals surface area (Å²) in [6, 6.07) is 5.12. The van der Waals surface area contributed by atoms with Crippen LogP contribution in [0.4, 0.5) is 0 Å². The summed E-state index contributed by atoms with van der Waals surface area (Å²) in [5.74, 6) is 0.390. The summed E-state index contributed by atoms with van der Waals surface area (Å²) in [6.45, 7) is 1.32. The standard InChI is InChI=1S/C14H16BrNO4/c15-12-7-10(8-17)1-2-13(12)20-9-14(18)16-11-3-5-19-6-4-11/h1-2,7-8,11H,3-6,9H2,(H,16,18). The summed E-state index contributed by atoms with van der Waals surface area (Å²) >= 11 is 3.30. The molecule has 1 amide bonds. The molecule has 1 N–H and O–H groups in total. The van der Waals surface area contributed by atoms with E-state index in [0.29, 0.717) is 29.0 Å². The molecule has 6 heteroatoms. The van der Waals surface area contributed by atoms with Gasteiger partial charge in [0.15, 0.2) is 6.61 Å². The molecule has 0 atom stereocenters. The van der Waals surface area contributed by atoms with Crippen LogP contribution in [0.1, 0.15) is 23.2 Å². The molecule has 1 saturated heterocycles. The van der Waals surface area contributed by atoms with Crippen molar-refractivity contribution in [2.45, 2.75) is 18.9 Å². The third-order valence-corrected chi connectivity index (χ3v) is 3.66. The van der Waals surface area contributed by atoms with Crippen molar-refractivity contribution in [2.24, 2.45) is 0 Å². The number of nitrogens with one attached hydrogen (secondary N) is 1. The van der Waals surface area contributed by atoms with E-state index in [1.807, 2.05) is 0 Å². The van der Waals surface area contributed by atoms with Gasteiger partial charge in [-0.2, -0.15) is 0 Å². The van der Waals surface area contributed by atoms with Gasteiger partial charge in [0.1, 0.15) is 12.0 Å². The third kappa shape index (κ3) is 4.31. The van der Waals surface area contributed by atoms with Crippen LogP contribution in [-0.4, -0.2) is 38.1 Å². The van der Waals surface area contributed by atoms with Crippen molar-refractivity contribution in [3.63, 3.8) is 0 Å². The minimum absolute atomic E-state index is 0.0452. The smallest absolute Gasteiger partial charge is 0.258 e. The second-order valence-electron chi connectivity index (χ2n) is 4.55. The van der Waals surface area contributed by atoms with Gasteiger partial charge in [-0.15, -0.1) is 0 Å². The molecule has 108 valence electrons. The monoisotopic (exact) mass is 341 g/mol. The van der Waals surface area contributed by atoms with Crippen molar-refractivity contribution >= 4 is 28.1 Å². The van der Waals surface area contributed by atoms with Gasteiger partial charge >= 0.3 is 0 Å². The SMILES string of the molecule is O=Cc1ccc(OCC(=O)NC2CCOCC2)c(Br)c1. The van der Waals surface area contributed by atoms with Crippen LogP contribution >= 0.6 is 15.9 Å². The molecule has 1 heterocycles. The molecule has 1 fully saturated rings. The van der Waals surface area contributed by atoms with Gasteiger partial charge in [-0.05, 0) is 47.0 Å².